The second kappa shape index (κ2) is 7.06. The van der Waals surface area contributed by atoms with E-state index in [0.29, 0.717) is 5.56 Å². The van der Waals surface area contributed by atoms with Crippen LogP contribution in [0.4, 0.5) is 0 Å². The average Bonchev–Trinajstić information content (AvgIpc) is 3.42. The Balaban J connectivity index is 1.56. The summed E-state index contributed by atoms with van der Waals surface area (Å²) in [6.07, 6.45) is 3.34. The summed E-state index contributed by atoms with van der Waals surface area (Å²) in [4.78, 5) is 4.10. The van der Waals surface area contributed by atoms with Gasteiger partial charge in [-0.15, -0.1) is 0 Å². The van der Waals surface area contributed by atoms with Gasteiger partial charge in [-0.25, -0.2) is 0 Å². The van der Waals surface area contributed by atoms with Crippen LogP contribution in [0.5, 0.6) is 0 Å². The van der Waals surface area contributed by atoms with Gasteiger partial charge in [-0.3, -0.25) is 4.98 Å². The topological polar surface area (TPSA) is 54.8 Å². The van der Waals surface area contributed by atoms with Crippen LogP contribution < -0.4 is 0 Å². The summed E-state index contributed by atoms with van der Waals surface area (Å²) < 4.78 is 8.49. The molecule has 0 fully saturated rings. The Morgan fingerprint density at radius 1 is 0.706 bits per heavy atom. The molecular formula is C30H17N3O. The van der Waals surface area contributed by atoms with Gasteiger partial charge in [-0.2, -0.15) is 5.26 Å². The fraction of sp³-hybridized carbons (Fsp3) is 0. The predicted molar refractivity (Wildman–Crippen MR) is 136 cm³/mol. The molecule has 0 aliphatic carbocycles. The molecule has 158 valence electrons. The lowest BCUT2D eigenvalue weighted by atomic mass is 10.0. The van der Waals surface area contributed by atoms with Crippen molar-refractivity contribution < 1.29 is 4.42 Å². The van der Waals surface area contributed by atoms with Gasteiger partial charge in [0.2, 0.25) is 0 Å². The van der Waals surface area contributed by atoms with E-state index < -0.39 is 0 Å². The van der Waals surface area contributed by atoms with Gasteiger partial charge >= 0.3 is 0 Å². The van der Waals surface area contributed by atoms with Crippen molar-refractivity contribution in [1.82, 2.24) is 9.55 Å². The van der Waals surface area contributed by atoms with Crippen molar-refractivity contribution in [3.8, 4) is 22.9 Å². The third-order valence-electron chi connectivity index (χ3n) is 6.53. The molecule has 0 aliphatic rings. The molecule has 4 nitrogen and oxygen atoms in total. The summed E-state index contributed by atoms with van der Waals surface area (Å²) in [5.41, 5.74) is 7.42. The van der Waals surface area contributed by atoms with Crippen molar-refractivity contribution in [1.29, 1.82) is 5.26 Å². The number of rotatable bonds is 2. The molecule has 0 spiro atoms. The highest BCUT2D eigenvalue weighted by atomic mass is 16.3. The number of benzene rings is 4. The molecule has 34 heavy (non-hydrogen) atoms. The van der Waals surface area contributed by atoms with Crippen LogP contribution >= 0.6 is 0 Å². The molecule has 0 unspecified atom stereocenters. The van der Waals surface area contributed by atoms with Gasteiger partial charge in [-0.1, -0.05) is 48.5 Å². The van der Waals surface area contributed by atoms with Crippen molar-refractivity contribution in [2.45, 2.75) is 0 Å². The first-order valence-corrected chi connectivity index (χ1v) is 11.1. The van der Waals surface area contributed by atoms with Crippen molar-refractivity contribution in [3.05, 3.63) is 109 Å². The summed E-state index contributed by atoms with van der Waals surface area (Å²) in [5.74, 6) is 0. The van der Waals surface area contributed by atoms with Crippen LogP contribution in [0.15, 0.2) is 108 Å². The van der Waals surface area contributed by atoms with E-state index in [-0.39, 0.29) is 0 Å². The van der Waals surface area contributed by atoms with E-state index in [0.717, 1.165) is 49.8 Å². The number of para-hydroxylation sites is 2. The number of nitriles is 1. The van der Waals surface area contributed by atoms with Crippen LogP contribution in [-0.4, -0.2) is 9.55 Å². The lowest BCUT2D eigenvalue weighted by Gasteiger charge is -2.11. The number of pyridine rings is 1. The molecule has 3 heterocycles. The highest BCUT2D eigenvalue weighted by molar-refractivity contribution is 6.17. The lowest BCUT2D eigenvalue weighted by molar-refractivity contribution is 0.669. The van der Waals surface area contributed by atoms with E-state index in [1.165, 1.54) is 10.8 Å². The minimum atomic E-state index is 0.561. The van der Waals surface area contributed by atoms with Crippen molar-refractivity contribution in [2.75, 3.05) is 0 Å². The zero-order valence-electron chi connectivity index (χ0n) is 18.1. The smallest absolute Gasteiger partial charge is 0.137 e. The number of nitrogens with zero attached hydrogens (tertiary/aromatic N) is 3. The number of furan rings is 1. The maximum Gasteiger partial charge on any atom is 0.137 e. The van der Waals surface area contributed by atoms with Gasteiger partial charge in [0, 0.05) is 51.3 Å². The van der Waals surface area contributed by atoms with Crippen LogP contribution in [0.1, 0.15) is 5.56 Å². The van der Waals surface area contributed by atoms with E-state index in [9.17, 15) is 5.26 Å². The fourth-order valence-corrected chi connectivity index (χ4v) is 5.01. The molecular weight excluding hydrogens is 418 g/mol. The Labute approximate surface area is 194 Å². The third-order valence-corrected chi connectivity index (χ3v) is 6.53. The Morgan fingerprint density at radius 3 is 2.47 bits per heavy atom. The number of fused-ring (bicyclic) bond motifs is 6. The first kappa shape index (κ1) is 18.7. The molecule has 0 N–H and O–H groups in total. The van der Waals surface area contributed by atoms with Crippen LogP contribution in [0.3, 0.4) is 0 Å². The second-order valence-corrected chi connectivity index (χ2v) is 8.40. The molecule has 0 bridgehead atoms. The van der Waals surface area contributed by atoms with Crippen molar-refractivity contribution in [2.24, 2.45) is 0 Å². The maximum absolute atomic E-state index is 9.57. The SMILES string of the molecule is N#Cc1cnccc1-c1cccc(-n2c3ccccc3c3cc4c(cc32)oc2ccccc24)c1. The zero-order chi connectivity index (χ0) is 22.6. The fourth-order valence-electron chi connectivity index (χ4n) is 5.01. The molecule has 0 saturated carbocycles. The normalized spacial score (nSPS) is 11.5. The summed E-state index contributed by atoms with van der Waals surface area (Å²) in [5, 5.41) is 14.2. The summed E-state index contributed by atoms with van der Waals surface area (Å²) in [7, 11) is 0. The van der Waals surface area contributed by atoms with Gasteiger partial charge in [0.25, 0.3) is 0 Å². The quantitative estimate of drug-likeness (QED) is 0.281. The Morgan fingerprint density at radius 2 is 1.56 bits per heavy atom. The van der Waals surface area contributed by atoms with Crippen molar-refractivity contribution in [3.63, 3.8) is 0 Å². The average molecular weight is 435 g/mol. The van der Waals surface area contributed by atoms with Gasteiger partial charge in [0.05, 0.1) is 16.6 Å². The molecule has 0 atom stereocenters. The summed E-state index contributed by atoms with van der Waals surface area (Å²) in [6, 6.07) is 33.5. The molecule has 0 amide bonds. The molecule has 7 aromatic rings. The second-order valence-electron chi connectivity index (χ2n) is 8.40. The van der Waals surface area contributed by atoms with E-state index in [4.69, 9.17) is 4.42 Å². The molecule has 0 saturated heterocycles. The number of aromatic nitrogens is 2. The van der Waals surface area contributed by atoms with Crippen LogP contribution in [0.25, 0.3) is 60.6 Å². The van der Waals surface area contributed by atoms with Gasteiger partial charge in [-0.05, 0) is 42.0 Å². The zero-order valence-corrected chi connectivity index (χ0v) is 18.1. The first-order valence-electron chi connectivity index (χ1n) is 11.1. The van der Waals surface area contributed by atoms with E-state index in [1.54, 1.807) is 12.4 Å². The van der Waals surface area contributed by atoms with E-state index in [2.05, 4.69) is 70.2 Å². The maximum atomic E-state index is 9.57. The van der Waals surface area contributed by atoms with Crippen LogP contribution in [-0.2, 0) is 0 Å². The molecule has 4 aromatic carbocycles. The van der Waals surface area contributed by atoms with Gasteiger partial charge in [0.15, 0.2) is 0 Å². The molecule has 4 heteroatoms. The van der Waals surface area contributed by atoms with Crippen molar-refractivity contribution >= 4 is 43.7 Å². The molecule has 0 radical (unpaired) electrons. The third kappa shape index (κ3) is 2.61. The monoisotopic (exact) mass is 435 g/mol. The Bertz CT molecular complexity index is 1930. The largest absolute Gasteiger partial charge is 0.456 e. The highest BCUT2D eigenvalue weighted by Crippen LogP contribution is 2.38. The van der Waals surface area contributed by atoms with Crippen LogP contribution in [0.2, 0.25) is 0 Å². The van der Waals surface area contributed by atoms with Gasteiger partial charge in [0.1, 0.15) is 17.2 Å². The molecule has 7 rings (SSSR count). The van der Waals surface area contributed by atoms with E-state index in [1.807, 2.05) is 36.4 Å². The molecule has 0 aliphatic heterocycles. The first-order chi connectivity index (χ1) is 16.8. The Hall–Kier alpha value is -4.88. The minimum absolute atomic E-state index is 0.561. The van der Waals surface area contributed by atoms with Gasteiger partial charge < -0.3 is 8.98 Å². The Kier molecular flexibility index (Phi) is 3.88. The number of hydrogen-bond donors (Lipinski definition) is 0. The van der Waals surface area contributed by atoms with Crippen LogP contribution in [0, 0.1) is 11.3 Å². The summed E-state index contributed by atoms with van der Waals surface area (Å²) in [6.45, 7) is 0. The highest BCUT2D eigenvalue weighted by Gasteiger charge is 2.16. The minimum Gasteiger partial charge on any atom is -0.456 e. The molecule has 3 aromatic heterocycles. The lowest BCUT2D eigenvalue weighted by Crippen LogP contribution is -1.95. The predicted octanol–water partition coefficient (Wildman–Crippen LogP) is 7.62. The van der Waals surface area contributed by atoms with E-state index >= 15 is 0 Å². The standard InChI is InChI=1S/C30H17N3O/c31-17-20-18-32-13-12-22(20)19-6-5-7-21(14-19)33-27-10-3-1-8-23(27)25-15-26-24-9-2-4-11-29(24)34-30(26)16-28(25)33/h1-16,18H. The number of hydrogen-bond acceptors (Lipinski definition) is 3. The summed E-state index contributed by atoms with van der Waals surface area (Å²) >= 11 is 0.